The maximum Gasteiger partial charge on any atom is 0.262 e. The van der Waals surface area contributed by atoms with E-state index in [2.05, 4.69) is 0 Å². The van der Waals surface area contributed by atoms with E-state index in [4.69, 9.17) is 11.6 Å². The largest absolute Gasteiger partial charge is 0.508 e. The highest BCUT2D eigenvalue weighted by atomic mass is 35.5. The van der Waals surface area contributed by atoms with Crippen LogP contribution >= 0.6 is 11.6 Å². The Balaban J connectivity index is 2.24. The topological polar surface area (TPSA) is 59.3 Å². The van der Waals surface area contributed by atoms with Crippen molar-refractivity contribution in [1.82, 2.24) is 4.57 Å². The Morgan fingerprint density at radius 1 is 1.22 bits per heavy atom. The van der Waals surface area contributed by atoms with E-state index >= 15 is 0 Å². The molecule has 4 nitrogen and oxygen atoms in total. The van der Waals surface area contributed by atoms with Crippen molar-refractivity contribution in [3.8, 4) is 5.75 Å². The third kappa shape index (κ3) is 2.62. The monoisotopic (exact) mass is 327 g/mol. The van der Waals surface area contributed by atoms with Crippen molar-refractivity contribution < 1.29 is 14.7 Å². The number of hydrogen-bond acceptors (Lipinski definition) is 3. The summed E-state index contributed by atoms with van der Waals surface area (Å²) in [6.07, 6.45) is 0.982. The maximum atomic E-state index is 12.9. The van der Waals surface area contributed by atoms with Crippen LogP contribution in [0.2, 0.25) is 5.02 Å². The molecule has 0 fully saturated rings. The second-order valence-corrected chi connectivity index (χ2v) is 5.72. The molecule has 1 N–H and O–H groups in total. The third-order valence-corrected chi connectivity index (χ3v) is 4.15. The summed E-state index contributed by atoms with van der Waals surface area (Å²) < 4.78 is 1.57. The molecular formula is C18H14ClNO3. The molecule has 0 radical (unpaired) electrons. The SMILES string of the molecule is Cc1c(CC=O)c2cc(O)ccc2n1C(=O)c1ccc(Cl)cc1. The molecule has 0 saturated heterocycles. The molecule has 1 heterocycles. The Bertz CT molecular complexity index is 910. The van der Waals surface area contributed by atoms with Crippen LogP contribution in [0.3, 0.4) is 0 Å². The fourth-order valence-corrected chi connectivity index (χ4v) is 2.92. The molecule has 0 aliphatic carbocycles. The number of halogens is 1. The Hall–Kier alpha value is -2.59. The molecule has 0 bridgehead atoms. The predicted octanol–water partition coefficient (Wildman–Crippen LogP) is 3.74. The van der Waals surface area contributed by atoms with E-state index in [-0.39, 0.29) is 18.1 Å². The number of hydrogen-bond donors (Lipinski definition) is 1. The van der Waals surface area contributed by atoms with Crippen LogP contribution in [0.25, 0.3) is 10.9 Å². The number of aromatic hydroxyl groups is 1. The first-order valence-electron chi connectivity index (χ1n) is 7.09. The number of nitrogens with zero attached hydrogens (tertiary/aromatic N) is 1. The Labute approximate surface area is 137 Å². The van der Waals surface area contributed by atoms with Gasteiger partial charge in [0.1, 0.15) is 12.0 Å². The van der Waals surface area contributed by atoms with Gasteiger partial charge >= 0.3 is 0 Å². The van der Waals surface area contributed by atoms with Crippen LogP contribution in [0.1, 0.15) is 21.6 Å². The van der Waals surface area contributed by atoms with Gasteiger partial charge in [-0.15, -0.1) is 0 Å². The first-order valence-corrected chi connectivity index (χ1v) is 7.47. The van der Waals surface area contributed by atoms with Gasteiger partial charge in [-0.3, -0.25) is 9.36 Å². The molecule has 0 unspecified atom stereocenters. The minimum absolute atomic E-state index is 0.0979. The Morgan fingerprint density at radius 2 is 1.91 bits per heavy atom. The highest BCUT2D eigenvalue weighted by Crippen LogP contribution is 2.30. The summed E-state index contributed by atoms with van der Waals surface area (Å²) in [5, 5.41) is 11.0. The average Bonchev–Trinajstić information content (AvgIpc) is 2.80. The van der Waals surface area contributed by atoms with Crippen LogP contribution in [-0.4, -0.2) is 21.9 Å². The zero-order valence-corrected chi connectivity index (χ0v) is 13.2. The lowest BCUT2D eigenvalue weighted by Gasteiger charge is -2.07. The molecule has 0 atom stereocenters. The molecule has 0 aliphatic heterocycles. The normalized spacial score (nSPS) is 10.9. The number of aromatic nitrogens is 1. The summed E-state index contributed by atoms with van der Waals surface area (Å²) >= 11 is 5.87. The van der Waals surface area contributed by atoms with Gasteiger partial charge in [0.2, 0.25) is 0 Å². The molecule has 1 aromatic heterocycles. The number of phenols is 1. The lowest BCUT2D eigenvalue weighted by molar-refractivity contribution is -0.107. The standard InChI is InChI=1S/C18H14ClNO3/c1-11-15(8-9-21)16-10-14(22)6-7-17(16)20(11)18(23)12-2-4-13(19)5-3-12/h2-7,9-10,22H,8H2,1H3. The lowest BCUT2D eigenvalue weighted by atomic mass is 10.1. The average molecular weight is 328 g/mol. The van der Waals surface area contributed by atoms with E-state index in [1.54, 1.807) is 47.9 Å². The second kappa shape index (κ2) is 5.89. The van der Waals surface area contributed by atoms with Gasteiger partial charge < -0.3 is 9.90 Å². The minimum Gasteiger partial charge on any atom is -0.508 e. The van der Waals surface area contributed by atoms with Crippen LogP contribution < -0.4 is 0 Å². The quantitative estimate of drug-likeness (QED) is 0.745. The molecular weight excluding hydrogens is 314 g/mol. The zero-order valence-electron chi connectivity index (χ0n) is 12.4. The van der Waals surface area contributed by atoms with Crippen molar-refractivity contribution in [1.29, 1.82) is 0 Å². The predicted molar refractivity (Wildman–Crippen MR) is 89.3 cm³/mol. The van der Waals surface area contributed by atoms with Gasteiger partial charge in [0.15, 0.2) is 0 Å². The summed E-state index contributed by atoms with van der Waals surface area (Å²) in [5.74, 6) is -0.104. The van der Waals surface area contributed by atoms with Gasteiger partial charge in [-0.1, -0.05) is 11.6 Å². The number of rotatable bonds is 3. The van der Waals surface area contributed by atoms with Crippen LogP contribution in [0.5, 0.6) is 5.75 Å². The number of aldehydes is 1. The van der Waals surface area contributed by atoms with E-state index in [1.807, 2.05) is 0 Å². The molecule has 3 rings (SSSR count). The Morgan fingerprint density at radius 3 is 2.57 bits per heavy atom. The summed E-state index contributed by atoms with van der Waals surface area (Å²) in [7, 11) is 0. The van der Waals surface area contributed by atoms with Crippen LogP contribution in [0, 0.1) is 6.92 Å². The molecule has 2 aromatic carbocycles. The van der Waals surface area contributed by atoms with Gasteiger partial charge in [0.25, 0.3) is 5.91 Å². The smallest absolute Gasteiger partial charge is 0.262 e. The molecule has 23 heavy (non-hydrogen) atoms. The first kappa shape index (κ1) is 15.3. The van der Waals surface area contributed by atoms with E-state index in [0.717, 1.165) is 11.8 Å². The van der Waals surface area contributed by atoms with Crippen LogP contribution in [-0.2, 0) is 11.2 Å². The lowest BCUT2D eigenvalue weighted by Crippen LogP contribution is -2.13. The Kier molecular flexibility index (Phi) is 3.92. The van der Waals surface area contributed by atoms with Crippen molar-refractivity contribution in [2.24, 2.45) is 0 Å². The van der Waals surface area contributed by atoms with Crippen molar-refractivity contribution >= 4 is 34.7 Å². The van der Waals surface area contributed by atoms with Gasteiger partial charge in [0.05, 0.1) is 5.52 Å². The third-order valence-electron chi connectivity index (χ3n) is 3.90. The van der Waals surface area contributed by atoms with Crippen molar-refractivity contribution in [2.75, 3.05) is 0 Å². The molecule has 5 heteroatoms. The van der Waals surface area contributed by atoms with E-state index in [0.29, 0.717) is 27.2 Å². The highest BCUT2D eigenvalue weighted by Gasteiger charge is 2.19. The maximum absolute atomic E-state index is 12.9. The molecule has 0 aliphatic rings. The molecule has 0 amide bonds. The van der Waals surface area contributed by atoms with E-state index < -0.39 is 0 Å². The summed E-state index contributed by atoms with van der Waals surface area (Å²) in [6.45, 7) is 1.80. The number of phenolic OH excluding ortho intramolecular Hbond substituents is 1. The molecule has 0 saturated carbocycles. The number of fused-ring (bicyclic) bond motifs is 1. The van der Waals surface area contributed by atoms with Crippen LogP contribution in [0.15, 0.2) is 42.5 Å². The molecule has 3 aromatic rings. The summed E-state index contributed by atoms with van der Waals surface area (Å²) in [6, 6.07) is 11.4. The highest BCUT2D eigenvalue weighted by molar-refractivity contribution is 6.30. The minimum atomic E-state index is -0.202. The number of benzene rings is 2. The fraction of sp³-hybridized carbons (Fsp3) is 0.111. The van der Waals surface area contributed by atoms with Crippen LogP contribution in [0.4, 0.5) is 0 Å². The van der Waals surface area contributed by atoms with Gasteiger partial charge in [0, 0.05) is 28.1 Å². The molecule has 0 spiro atoms. The van der Waals surface area contributed by atoms with E-state index in [1.165, 1.54) is 6.07 Å². The zero-order chi connectivity index (χ0) is 16.6. The first-order chi connectivity index (χ1) is 11.0. The number of carbonyl (C=O) groups is 2. The number of carbonyl (C=O) groups excluding carboxylic acids is 2. The van der Waals surface area contributed by atoms with Gasteiger partial charge in [-0.2, -0.15) is 0 Å². The fourth-order valence-electron chi connectivity index (χ4n) is 2.80. The van der Waals surface area contributed by atoms with Gasteiger partial charge in [-0.05, 0) is 55.0 Å². The van der Waals surface area contributed by atoms with Crippen molar-refractivity contribution in [3.63, 3.8) is 0 Å². The summed E-state index contributed by atoms with van der Waals surface area (Å²) in [5.41, 5.74) is 2.60. The van der Waals surface area contributed by atoms with Crippen molar-refractivity contribution in [2.45, 2.75) is 13.3 Å². The summed E-state index contributed by atoms with van der Waals surface area (Å²) in [4.78, 5) is 23.8. The second-order valence-electron chi connectivity index (χ2n) is 5.28. The molecule has 116 valence electrons. The van der Waals surface area contributed by atoms with Gasteiger partial charge in [-0.25, -0.2) is 0 Å². The van der Waals surface area contributed by atoms with E-state index in [9.17, 15) is 14.7 Å². The van der Waals surface area contributed by atoms with Crippen molar-refractivity contribution in [3.05, 3.63) is 64.3 Å².